The van der Waals surface area contributed by atoms with Crippen LogP contribution in [0.4, 0.5) is 5.82 Å². The lowest BCUT2D eigenvalue weighted by molar-refractivity contribution is 0.0853. The van der Waals surface area contributed by atoms with Crippen molar-refractivity contribution in [3.8, 4) is 0 Å². The molecule has 0 unspecified atom stereocenters. The first-order valence-electron chi connectivity index (χ1n) is 10.3. The molecule has 1 amide bonds. The highest BCUT2D eigenvalue weighted by Crippen LogP contribution is 2.20. The van der Waals surface area contributed by atoms with Gasteiger partial charge in [0.25, 0.3) is 5.91 Å². The van der Waals surface area contributed by atoms with Crippen LogP contribution in [0.1, 0.15) is 43.5 Å². The molecule has 6 nitrogen and oxygen atoms in total. The van der Waals surface area contributed by atoms with E-state index < -0.39 is 0 Å². The lowest BCUT2D eigenvalue weighted by Gasteiger charge is -2.32. The van der Waals surface area contributed by atoms with Gasteiger partial charge in [-0.2, -0.15) is 0 Å². The van der Waals surface area contributed by atoms with E-state index in [-0.39, 0.29) is 5.91 Å². The molecule has 0 spiro atoms. The molecule has 0 saturated carbocycles. The van der Waals surface area contributed by atoms with Crippen LogP contribution in [0.2, 0.25) is 0 Å². The highest BCUT2D eigenvalue weighted by molar-refractivity contribution is 5.94. The number of hydrogen-bond acceptors (Lipinski definition) is 5. The average Bonchev–Trinajstić information content (AvgIpc) is 3.13. The van der Waals surface area contributed by atoms with Crippen molar-refractivity contribution in [2.45, 2.75) is 39.2 Å². The predicted molar refractivity (Wildman–Crippen MR) is 108 cm³/mol. The highest BCUT2D eigenvalue weighted by Gasteiger charge is 2.23. The molecule has 2 aliphatic heterocycles. The number of nitrogens with one attached hydrogen (secondary N) is 1. The smallest absolute Gasteiger partial charge is 0.252 e. The van der Waals surface area contributed by atoms with Gasteiger partial charge in [-0.15, -0.1) is 0 Å². The van der Waals surface area contributed by atoms with Crippen LogP contribution in [0.25, 0.3) is 0 Å². The van der Waals surface area contributed by atoms with Gasteiger partial charge in [-0.25, -0.2) is 4.98 Å². The highest BCUT2D eigenvalue weighted by atomic mass is 16.5. The zero-order valence-electron chi connectivity index (χ0n) is 17.0. The Kier molecular flexibility index (Phi) is 7.07. The van der Waals surface area contributed by atoms with E-state index in [0.717, 1.165) is 58.1 Å². The molecule has 27 heavy (non-hydrogen) atoms. The van der Waals surface area contributed by atoms with Crippen LogP contribution in [0, 0.1) is 11.8 Å². The summed E-state index contributed by atoms with van der Waals surface area (Å²) in [7, 11) is 2.07. The average molecular weight is 375 g/mol. The first-order valence-corrected chi connectivity index (χ1v) is 10.3. The lowest BCUT2D eigenvalue weighted by Crippen LogP contribution is -2.37. The van der Waals surface area contributed by atoms with E-state index in [1.54, 1.807) is 6.20 Å². The maximum Gasteiger partial charge on any atom is 0.252 e. The maximum absolute atomic E-state index is 12.4. The summed E-state index contributed by atoms with van der Waals surface area (Å²) >= 11 is 0. The number of nitrogens with zero attached hydrogens (tertiary/aromatic N) is 3. The Morgan fingerprint density at radius 3 is 2.78 bits per heavy atom. The summed E-state index contributed by atoms with van der Waals surface area (Å²) in [5.74, 6) is 2.14. The predicted octanol–water partition coefficient (Wildman–Crippen LogP) is 2.40. The summed E-state index contributed by atoms with van der Waals surface area (Å²) in [6.45, 7) is 10.3. The van der Waals surface area contributed by atoms with Gasteiger partial charge in [0.1, 0.15) is 5.82 Å². The summed E-state index contributed by atoms with van der Waals surface area (Å²) < 4.78 is 5.43. The molecule has 2 fully saturated rings. The number of ether oxygens (including phenoxy) is 1. The normalized spacial score (nSPS) is 21.6. The molecule has 2 saturated heterocycles. The van der Waals surface area contributed by atoms with Crippen LogP contribution < -0.4 is 10.2 Å². The molecule has 3 rings (SSSR count). The fourth-order valence-corrected chi connectivity index (χ4v) is 4.09. The second kappa shape index (κ2) is 9.51. The van der Waals surface area contributed by atoms with Crippen molar-refractivity contribution in [1.82, 2.24) is 15.2 Å². The third-order valence-corrected chi connectivity index (χ3v) is 5.65. The van der Waals surface area contributed by atoms with Crippen LogP contribution in [-0.2, 0) is 4.74 Å². The van der Waals surface area contributed by atoms with Gasteiger partial charge in [0.15, 0.2) is 0 Å². The first kappa shape index (κ1) is 20.1. The molecular formula is C21H34N4O2. The van der Waals surface area contributed by atoms with Gasteiger partial charge in [-0.05, 0) is 49.8 Å². The number of rotatable bonds is 7. The van der Waals surface area contributed by atoms with Gasteiger partial charge >= 0.3 is 0 Å². The van der Waals surface area contributed by atoms with Crippen molar-refractivity contribution in [1.29, 1.82) is 0 Å². The number of hydrogen-bond donors (Lipinski definition) is 1. The molecule has 1 N–H and O–H groups in total. The Morgan fingerprint density at radius 2 is 2.11 bits per heavy atom. The monoisotopic (exact) mass is 374 g/mol. The minimum absolute atomic E-state index is 0.0231. The number of aromatic nitrogens is 1. The summed E-state index contributed by atoms with van der Waals surface area (Å²) in [5, 5.41) is 3.09. The number of anilines is 1. The molecule has 2 aliphatic rings. The van der Waals surface area contributed by atoms with E-state index in [9.17, 15) is 4.79 Å². The molecular weight excluding hydrogens is 340 g/mol. The van der Waals surface area contributed by atoms with Crippen molar-refractivity contribution in [2.24, 2.45) is 11.8 Å². The summed E-state index contributed by atoms with van der Waals surface area (Å²) in [6, 6.07) is 4.29. The molecule has 6 heteroatoms. The Labute approximate surface area is 163 Å². The zero-order valence-corrected chi connectivity index (χ0v) is 17.0. The standard InChI is InChI=1S/C21H34N4O2/c1-16(2)14-25-9-6-17(15-25)12-23-21(26)18-4-5-20(22-13-18)24(3)19-7-10-27-11-8-19/h4-5,13,16-17,19H,6-12,14-15H2,1-3H3,(H,23,26)/t17-/m0/s1. The molecule has 1 aromatic rings. The number of carbonyl (C=O) groups is 1. The van der Waals surface area contributed by atoms with Gasteiger partial charge in [-0.3, -0.25) is 4.79 Å². The molecule has 150 valence electrons. The van der Waals surface area contributed by atoms with E-state index in [1.807, 2.05) is 12.1 Å². The molecule has 0 aromatic carbocycles. The largest absolute Gasteiger partial charge is 0.381 e. The van der Waals surface area contributed by atoms with Crippen LogP contribution in [0.15, 0.2) is 18.3 Å². The molecule has 0 aliphatic carbocycles. The van der Waals surface area contributed by atoms with Gasteiger partial charge in [0, 0.05) is 52.1 Å². The second-order valence-corrected chi connectivity index (χ2v) is 8.38. The fraction of sp³-hybridized carbons (Fsp3) is 0.714. The SMILES string of the molecule is CC(C)CN1CC[C@@H](CNC(=O)c2ccc(N(C)C3CCOCC3)nc2)C1. The minimum atomic E-state index is -0.0231. The van der Waals surface area contributed by atoms with Crippen molar-refractivity contribution in [3.05, 3.63) is 23.9 Å². The molecule has 1 aromatic heterocycles. The van der Waals surface area contributed by atoms with Crippen LogP contribution in [-0.4, -0.2) is 68.3 Å². The van der Waals surface area contributed by atoms with Gasteiger partial charge in [0.05, 0.1) is 5.56 Å². The Hall–Kier alpha value is -1.66. The van der Waals surface area contributed by atoms with E-state index in [1.165, 1.54) is 6.42 Å². The van der Waals surface area contributed by atoms with Crippen molar-refractivity contribution in [3.63, 3.8) is 0 Å². The minimum Gasteiger partial charge on any atom is -0.381 e. The van der Waals surface area contributed by atoms with Crippen LogP contribution >= 0.6 is 0 Å². The summed E-state index contributed by atoms with van der Waals surface area (Å²) in [6.07, 6.45) is 4.91. The van der Waals surface area contributed by atoms with Crippen LogP contribution in [0.5, 0.6) is 0 Å². The van der Waals surface area contributed by atoms with Gasteiger partial charge < -0.3 is 19.9 Å². The van der Waals surface area contributed by atoms with Crippen molar-refractivity contribution >= 4 is 11.7 Å². The first-order chi connectivity index (χ1) is 13.0. The Bertz CT molecular complexity index is 599. The topological polar surface area (TPSA) is 57.7 Å². The Balaban J connectivity index is 1.46. The van der Waals surface area contributed by atoms with E-state index in [4.69, 9.17) is 4.74 Å². The number of likely N-dealkylation sites (tertiary alicyclic amines) is 1. The Morgan fingerprint density at radius 1 is 1.33 bits per heavy atom. The number of carbonyl (C=O) groups excluding carboxylic acids is 1. The third kappa shape index (κ3) is 5.66. The van der Waals surface area contributed by atoms with Gasteiger partial charge in [0.2, 0.25) is 0 Å². The molecule has 0 radical (unpaired) electrons. The van der Waals surface area contributed by atoms with E-state index >= 15 is 0 Å². The quantitative estimate of drug-likeness (QED) is 0.794. The fourth-order valence-electron chi connectivity index (χ4n) is 4.09. The van der Waals surface area contributed by atoms with Crippen LogP contribution in [0.3, 0.4) is 0 Å². The van der Waals surface area contributed by atoms with Crippen molar-refractivity contribution < 1.29 is 9.53 Å². The second-order valence-electron chi connectivity index (χ2n) is 8.38. The van der Waals surface area contributed by atoms with Crippen molar-refractivity contribution in [2.75, 3.05) is 51.3 Å². The van der Waals surface area contributed by atoms with E-state index in [0.29, 0.717) is 23.4 Å². The molecule has 1 atom stereocenters. The number of amides is 1. The third-order valence-electron chi connectivity index (χ3n) is 5.65. The molecule has 0 bridgehead atoms. The number of pyridine rings is 1. The zero-order chi connectivity index (χ0) is 19.2. The van der Waals surface area contributed by atoms with Gasteiger partial charge in [-0.1, -0.05) is 13.8 Å². The lowest BCUT2D eigenvalue weighted by atomic mass is 10.1. The molecule has 3 heterocycles. The van der Waals surface area contributed by atoms with E-state index in [2.05, 4.69) is 41.0 Å². The summed E-state index contributed by atoms with van der Waals surface area (Å²) in [5.41, 5.74) is 0.635. The maximum atomic E-state index is 12.4. The summed E-state index contributed by atoms with van der Waals surface area (Å²) in [4.78, 5) is 21.7.